The Morgan fingerprint density at radius 2 is 2.00 bits per heavy atom. The van der Waals surface area contributed by atoms with Crippen molar-refractivity contribution in [2.45, 2.75) is 18.3 Å². The van der Waals surface area contributed by atoms with E-state index in [4.69, 9.17) is 0 Å². The van der Waals surface area contributed by atoms with E-state index in [0.29, 0.717) is 6.54 Å². The maximum absolute atomic E-state index is 14.2. The molecule has 1 N–H and O–H groups in total. The van der Waals surface area contributed by atoms with E-state index in [9.17, 15) is 17.6 Å². The minimum Gasteiger partial charge on any atom is -0.313 e. The van der Waals surface area contributed by atoms with Gasteiger partial charge in [0.05, 0.1) is 5.56 Å². The molecule has 1 heterocycles. The van der Waals surface area contributed by atoms with Crippen LogP contribution < -0.4 is 5.32 Å². The molecule has 0 bridgehead atoms. The normalized spacial score (nSPS) is 26.0. The molecule has 5 heteroatoms. The fourth-order valence-electron chi connectivity index (χ4n) is 1.88. The van der Waals surface area contributed by atoms with Gasteiger partial charge in [-0.25, -0.2) is 4.39 Å². The van der Waals surface area contributed by atoms with Crippen LogP contribution in [-0.2, 0) is 11.8 Å². The summed E-state index contributed by atoms with van der Waals surface area (Å²) < 4.78 is 51.5. The second-order valence-electron chi connectivity index (χ2n) is 3.97. The van der Waals surface area contributed by atoms with Crippen LogP contribution in [0.25, 0.3) is 0 Å². The average Bonchev–Trinajstić information content (AvgIpc) is 2.66. The average molecular weight is 233 g/mol. The van der Waals surface area contributed by atoms with Crippen molar-refractivity contribution in [3.8, 4) is 0 Å². The second kappa shape index (κ2) is 3.73. The zero-order valence-electron chi connectivity index (χ0n) is 8.44. The minimum atomic E-state index is -4.42. The van der Waals surface area contributed by atoms with Gasteiger partial charge < -0.3 is 5.32 Å². The van der Waals surface area contributed by atoms with Gasteiger partial charge in [-0.15, -0.1) is 0 Å². The molecule has 2 rings (SSSR count). The molecule has 1 fully saturated rings. The van der Waals surface area contributed by atoms with Gasteiger partial charge in [-0.05, 0) is 30.7 Å². The summed E-state index contributed by atoms with van der Waals surface area (Å²) >= 11 is 0. The Balaban J connectivity index is 2.36. The topological polar surface area (TPSA) is 12.0 Å². The molecule has 1 atom stereocenters. The zero-order chi connectivity index (χ0) is 11.8. The Labute approximate surface area is 90.5 Å². The molecule has 1 aromatic rings. The summed E-state index contributed by atoms with van der Waals surface area (Å²) in [5.74, 6) is 0. The third-order valence-electron chi connectivity index (χ3n) is 2.81. The van der Waals surface area contributed by atoms with Gasteiger partial charge in [-0.3, -0.25) is 0 Å². The lowest BCUT2D eigenvalue weighted by atomic mass is 9.93. The number of halogens is 4. The zero-order valence-corrected chi connectivity index (χ0v) is 8.44. The summed E-state index contributed by atoms with van der Waals surface area (Å²) in [7, 11) is 0. The summed E-state index contributed by atoms with van der Waals surface area (Å²) in [6.07, 6.45) is -4.20. The van der Waals surface area contributed by atoms with Gasteiger partial charge in [0.25, 0.3) is 0 Å². The molecule has 16 heavy (non-hydrogen) atoms. The second-order valence-corrected chi connectivity index (χ2v) is 3.97. The van der Waals surface area contributed by atoms with E-state index in [-0.39, 0.29) is 18.5 Å². The molecule has 0 unspecified atom stereocenters. The Morgan fingerprint density at radius 3 is 2.56 bits per heavy atom. The molecule has 1 nitrogen and oxygen atoms in total. The van der Waals surface area contributed by atoms with Crippen molar-refractivity contribution in [3.05, 3.63) is 35.4 Å². The summed E-state index contributed by atoms with van der Waals surface area (Å²) in [4.78, 5) is 0. The molecule has 0 saturated carbocycles. The Morgan fingerprint density at radius 1 is 1.25 bits per heavy atom. The number of benzene rings is 1. The first-order valence-electron chi connectivity index (χ1n) is 4.99. The summed E-state index contributed by atoms with van der Waals surface area (Å²) in [5, 5.41) is 2.81. The predicted molar refractivity (Wildman–Crippen MR) is 51.7 cm³/mol. The van der Waals surface area contributed by atoms with Crippen LogP contribution in [0.15, 0.2) is 24.3 Å². The monoisotopic (exact) mass is 233 g/mol. The van der Waals surface area contributed by atoms with Gasteiger partial charge in [0.2, 0.25) is 0 Å². The first kappa shape index (κ1) is 11.4. The number of nitrogens with one attached hydrogen (secondary N) is 1. The van der Waals surface area contributed by atoms with Crippen LogP contribution in [0.2, 0.25) is 0 Å². The Hall–Kier alpha value is -1.10. The third-order valence-corrected chi connectivity index (χ3v) is 2.81. The van der Waals surface area contributed by atoms with Crippen LogP contribution in [0, 0.1) is 0 Å². The first-order chi connectivity index (χ1) is 7.42. The van der Waals surface area contributed by atoms with Gasteiger partial charge in [0.1, 0.15) is 5.67 Å². The van der Waals surface area contributed by atoms with E-state index < -0.39 is 17.4 Å². The molecule has 0 aromatic heterocycles. The van der Waals surface area contributed by atoms with E-state index >= 15 is 0 Å². The van der Waals surface area contributed by atoms with E-state index in [1.54, 1.807) is 0 Å². The molecule has 0 spiro atoms. The van der Waals surface area contributed by atoms with Crippen molar-refractivity contribution >= 4 is 0 Å². The van der Waals surface area contributed by atoms with E-state index in [1.165, 1.54) is 12.1 Å². The lowest BCUT2D eigenvalue weighted by Gasteiger charge is -2.19. The van der Waals surface area contributed by atoms with Gasteiger partial charge in [-0.1, -0.05) is 12.1 Å². The standard InChI is InChI=1S/C11H11F4N/c12-10(4-5-16-7-10)8-2-1-3-9(6-8)11(13,14)15/h1-3,6,16H,4-5,7H2/t10-/m0/s1. The maximum atomic E-state index is 14.2. The summed E-state index contributed by atoms with van der Waals surface area (Å²) in [6, 6.07) is 4.50. The van der Waals surface area contributed by atoms with Gasteiger partial charge in [-0.2, -0.15) is 13.2 Å². The van der Waals surface area contributed by atoms with Crippen LogP contribution >= 0.6 is 0 Å². The van der Waals surface area contributed by atoms with Crippen LogP contribution in [0.1, 0.15) is 17.5 Å². The third kappa shape index (κ3) is 2.04. The predicted octanol–water partition coefficient (Wildman–Crippen LogP) is 2.86. The largest absolute Gasteiger partial charge is 0.416 e. The van der Waals surface area contributed by atoms with Crippen LogP contribution in [0.3, 0.4) is 0 Å². The van der Waals surface area contributed by atoms with Crippen LogP contribution in [0.5, 0.6) is 0 Å². The fraction of sp³-hybridized carbons (Fsp3) is 0.455. The summed E-state index contributed by atoms with van der Waals surface area (Å²) in [5.41, 5.74) is -2.36. The molecule has 1 aliphatic heterocycles. The quantitative estimate of drug-likeness (QED) is 0.735. The Kier molecular flexibility index (Phi) is 2.66. The molecule has 1 aliphatic rings. The minimum absolute atomic E-state index is 0.0777. The number of hydrogen-bond acceptors (Lipinski definition) is 1. The van der Waals surface area contributed by atoms with Crippen molar-refractivity contribution in [3.63, 3.8) is 0 Å². The van der Waals surface area contributed by atoms with Crippen LogP contribution in [-0.4, -0.2) is 13.1 Å². The summed E-state index contributed by atoms with van der Waals surface area (Å²) in [6.45, 7) is 0.570. The highest BCUT2D eigenvalue weighted by molar-refractivity contribution is 5.31. The van der Waals surface area contributed by atoms with Crippen molar-refractivity contribution in [1.29, 1.82) is 0 Å². The first-order valence-corrected chi connectivity index (χ1v) is 4.99. The molecular weight excluding hydrogens is 222 g/mol. The van der Waals surface area contributed by atoms with Gasteiger partial charge in [0.15, 0.2) is 0 Å². The van der Waals surface area contributed by atoms with Gasteiger partial charge >= 0.3 is 6.18 Å². The highest BCUT2D eigenvalue weighted by atomic mass is 19.4. The SMILES string of the molecule is FC(F)(F)c1cccc([C@]2(F)CCNC2)c1. The molecule has 0 aliphatic carbocycles. The van der Waals surface area contributed by atoms with Crippen molar-refractivity contribution < 1.29 is 17.6 Å². The van der Waals surface area contributed by atoms with Crippen LogP contribution in [0.4, 0.5) is 17.6 Å². The van der Waals surface area contributed by atoms with Crippen molar-refractivity contribution in [2.24, 2.45) is 0 Å². The number of rotatable bonds is 1. The maximum Gasteiger partial charge on any atom is 0.416 e. The lowest BCUT2D eigenvalue weighted by Crippen LogP contribution is -2.23. The number of alkyl halides is 4. The molecule has 0 amide bonds. The molecule has 1 saturated heterocycles. The van der Waals surface area contributed by atoms with E-state index in [2.05, 4.69) is 5.32 Å². The molecule has 88 valence electrons. The highest BCUT2D eigenvalue weighted by Gasteiger charge is 2.38. The van der Waals surface area contributed by atoms with E-state index in [0.717, 1.165) is 12.1 Å². The smallest absolute Gasteiger partial charge is 0.313 e. The molecular formula is C11H11F4N. The number of hydrogen-bond donors (Lipinski definition) is 1. The molecule has 1 aromatic carbocycles. The fourth-order valence-corrected chi connectivity index (χ4v) is 1.88. The lowest BCUT2D eigenvalue weighted by molar-refractivity contribution is -0.137. The Bertz CT molecular complexity index is 380. The van der Waals surface area contributed by atoms with E-state index in [1.807, 2.05) is 0 Å². The van der Waals surface area contributed by atoms with Gasteiger partial charge in [0, 0.05) is 6.54 Å². The van der Waals surface area contributed by atoms with Crippen molar-refractivity contribution in [2.75, 3.05) is 13.1 Å². The highest BCUT2D eigenvalue weighted by Crippen LogP contribution is 2.36. The molecule has 0 radical (unpaired) electrons. The van der Waals surface area contributed by atoms with Crippen molar-refractivity contribution in [1.82, 2.24) is 5.32 Å².